The fourth-order valence-corrected chi connectivity index (χ4v) is 2.25. The van der Waals surface area contributed by atoms with Crippen molar-refractivity contribution in [2.75, 3.05) is 40.3 Å². The molecule has 1 aliphatic heterocycles. The largest absolute Gasteiger partial charge is 0.337 e. The minimum atomic E-state index is 0.262. The van der Waals surface area contributed by atoms with Crippen LogP contribution in [-0.4, -0.2) is 62.0 Å². The van der Waals surface area contributed by atoms with E-state index in [4.69, 9.17) is 0 Å². The average molecular weight is 227 g/mol. The summed E-state index contributed by atoms with van der Waals surface area (Å²) in [5.41, 5.74) is 0. The number of nitrogens with one attached hydrogen (secondary N) is 1. The SMILES string of the molecule is CCCNCC(=O)N1CCCC1CN(C)C. The van der Waals surface area contributed by atoms with Gasteiger partial charge in [0, 0.05) is 19.1 Å². The molecule has 1 heterocycles. The highest BCUT2D eigenvalue weighted by atomic mass is 16.2. The van der Waals surface area contributed by atoms with Crippen molar-refractivity contribution in [3.63, 3.8) is 0 Å². The number of hydrogen-bond donors (Lipinski definition) is 1. The normalized spacial score (nSPS) is 20.8. The molecule has 0 radical (unpaired) electrons. The van der Waals surface area contributed by atoms with Gasteiger partial charge in [-0.25, -0.2) is 0 Å². The molecular formula is C12H25N3O. The molecule has 1 N–H and O–H groups in total. The minimum absolute atomic E-state index is 0.262. The van der Waals surface area contributed by atoms with E-state index >= 15 is 0 Å². The zero-order valence-corrected chi connectivity index (χ0v) is 10.8. The molecular weight excluding hydrogens is 202 g/mol. The maximum Gasteiger partial charge on any atom is 0.236 e. The molecule has 16 heavy (non-hydrogen) atoms. The van der Waals surface area contributed by atoms with Crippen LogP contribution in [0.5, 0.6) is 0 Å². The van der Waals surface area contributed by atoms with Crippen molar-refractivity contribution in [2.45, 2.75) is 32.2 Å². The topological polar surface area (TPSA) is 35.6 Å². The molecule has 0 aromatic carbocycles. The lowest BCUT2D eigenvalue weighted by Gasteiger charge is -2.27. The van der Waals surface area contributed by atoms with Crippen LogP contribution in [0, 0.1) is 0 Å². The number of amides is 1. The fourth-order valence-electron chi connectivity index (χ4n) is 2.25. The number of likely N-dealkylation sites (N-methyl/N-ethyl adjacent to an activating group) is 1. The van der Waals surface area contributed by atoms with E-state index in [2.05, 4.69) is 31.2 Å². The van der Waals surface area contributed by atoms with Crippen molar-refractivity contribution in [3.8, 4) is 0 Å². The molecule has 1 unspecified atom stereocenters. The zero-order chi connectivity index (χ0) is 12.0. The summed E-state index contributed by atoms with van der Waals surface area (Å²) in [4.78, 5) is 16.2. The Morgan fingerprint density at radius 2 is 2.25 bits per heavy atom. The zero-order valence-electron chi connectivity index (χ0n) is 10.8. The average Bonchev–Trinajstić information content (AvgIpc) is 2.65. The highest BCUT2D eigenvalue weighted by molar-refractivity contribution is 5.78. The van der Waals surface area contributed by atoms with Crippen molar-refractivity contribution in [3.05, 3.63) is 0 Å². The van der Waals surface area contributed by atoms with E-state index < -0.39 is 0 Å². The monoisotopic (exact) mass is 227 g/mol. The third kappa shape index (κ3) is 4.10. The van der Waals surface area contributed by atoms with Gasteiger partial charge in [-0.3, -0.25) is 4.79 Å². The van der Waals surface area contributed by atoms with Gasteiger partial charge in [0.2, 0.25) is 5.91 Å². The second-order valence-electron chi connectivity index (χ2n) is 4.82. The van der Waals surface area contributed by atoms with Crippen LogP contribution in [0.25, 0.3) is 0 Å². The van der Waals surface area contributed by atoms with Crippen LogP contribution in [0.4, 0.5) is 0 Å². The van der Waals surface area contributed by atoms with Crippen LogP contribution < -0.4 is 5.32 Å². The first kappa shape index (κ1) is 13.5. The van der Waals surface area contributed by atoms with E-state index in [1.165, 1.54) is 0 Å². The smallest absolute Gasteiger partial charge is 0.236 e. The van der Waals surface area contributed by atoms with Gasteiger partial charge in [-0.05, 0) is 39.9 Å². The van der Waals surface area contributed by atoms with E-state index in [1.807, 2.05) is 4.90 Å². The van der Waals surface area contributed by atoms with E-state index in [0.29, 0.717) is 12.6 Å². The van der Waals surface area contributed by atoms with Crippen LogP contribution in [0.2, 0.25) is 0 Å². The molecule has 1 aliphatic rings. The summed E-state index contributed by atoms with van der Waals surface area (Å²) in [6, 6.07) is 0.422. The summed E-state index contributed by atoms with van der Waals surface area (Å²) in [6.07, 6.45) is 3.38. The van der Waals surface area contributed by atoms with Crippen LogP contribution in [0.15, 0.2) is 0 Å². The first-order valence-electron chi connectivity index (χ1n) is 6.30. The molecule has 0 spiro atoms. The third-order valence-corrected chi connectivity index (χ3v) is 2.98. The number of carbonyl (C=O) groups is 1. The maximum absolute atomic E-state index is 12.0. The van der Waals surface area contributed by atoms with Gasteiger partial charge in [0.1, 0.15) is 0 Å². The molecule has 0 aromatic rings. The van der Waals surface area contributed by atoms with Gasteiger partial charge < -0.3 is 15.1 Å². The summed E-state index contributed by atoms with van der Waals surface area (Å²) in [5.74, 6) is 0.262. The lowest BCUT2D eigenvalue weighted by molar-refractivity contribution is -0.131. The predicted molar refractivity (Wildman–Crippen MR) is 66.4 cm³/mol. The van der Waals surface area contributed by atoms with Gasteiger partial charge in [-0.2, -0.15) is 0 Å². The Bertz CT molecular complexity index is 218. The van der Waals surface area contributed by atoms with Crippen LogP contribution in [0.3, 0.4) is 0 Å². The number of carbonyl (C=O) groups excluding carboxylic acids is 1. The Labute approximate surface area is 99.0 Å². The summed E-state index contributed by atoms with van der Waals surface area (Å²) in [5, 5.41) is 3.18. The van der Waals surface area contributed by atoms with Gasteiger partial charge in [0.25, 0.3) is 0 Å². The first-order chi connectivity index (χ1) is 7.65. The Morgan fingerprint density at radius 3 is 2.88 bits per heavy atom. The number of likely N-dealkylation sites (tertiary alicyclic amines) is 1. The molecule has 4 heteroatoms. The number of rotatable bonds is 6. The summed E-state index contributed by atoms with van der Waals surface area (Å²) in [7, 11) is 4.13. The van der Waals surface area contributed by atoms with Crippen LogP contribution in [0.1, 0.15) is 26.2 Å². The number of hydrogen-bond acceptors (Lipinski definition) is 3. The lowest BCUT2D eigenvalue weighted by atomic mass is 10.2. The van der Waals surface area contributed by atoms with Gasteiger partial charge >= 0.3 is 0 Å². The summed E-state index contributed by atoms with van der Waals surface area (Å²) < 4.78 is 0. The van der Waals surface area contributed by atoms with Gasteiger partial charge in [0.15, 0.2) is 0 Å². The van der Waals surface area contributed by atoms with Gasteiger partial charge in [0.05, 0.1) is 6.54 Å². The van der Waals surface area contributed by atoms with Crippen LogP contribution >= 0.6 is 0 Å². The van der Waals surface area contributed by atoms with E-state index in [9.17, 15) is 4.79 Å². The molecule has 4 nitrogen and oxygen atoms in total. The van der Waals surface area contributed by atoms with Gasteiger partial charge in [-0.1, -0.05) is 6.92 Å². The molecule has 1 fully saturated rings. The van der Waals surface area contributed by atoms with Crippen molar-refractivity contribution in [2.24, 2.45) is 0 Å². The Kier molecular flexibility index (Phi) is 5.77. The van der Waals surface area contributed by atoms with E-state index in [0.717, 1.165) is 38.9 Å². The maximum atomic E-state index is 12.0. The molecule has 0 saturated carbocycles. The van der Waals surface area contributed by atoms with E-state index in [1.54, 1.807) is 0 Å². The van der Waals surface area contributed by atoms with Crippen molar-refractivity contribution < 1.29 is 4.79 Å². The number of nitrogens with zero attached hydrogens (tertiary/aromatic N) is 2. The second-order valence-corrected chi connectivity index (χ2v) is 4.82. The standard InChI is InChI=1S/C12H25N3O/c1-4-7-13-9-12(16)15-8-5-6-11(15)10-14(2)3/h11,13H,4-10H2,1-3H3. The van der Waals surface area contributed by atoms with Crippen molar-refractivity contribution >= 4 is 5.91 Å². The van der Waals surface area contributed by atoms with Crippen molar-refractivity contribution in [1.82, 2.24) is 15.1 Å². The van der Waals surface area contributed by atoms with Crippen molar-refractivity contribution in [1.29, 1.82) is 0 Å². The second kappa shape index (κ2) is 6.86. The molecule has 0 bridgehead atoms. The third-order valence-electron chi connectivity index (χ3n) is 2.98. The Morgan fingerprint density at radius 1 is 1.50 bits per heavy atom. The summed E-state index contributed by atoms with van der Waals surface area (Å²) in [6.45, 7) is 5.46. The lowest BCUT2D eigenvalue weighted by Crippen LogP contribution is -2.45. The molecule has 94 valence electrons. The van der Waals surface area contributed by atoms with Crippen LogP contribution in [-0.2, 0) is 4.79 Å². The quantitative estimate of drug-likeness (QED) is 0.673. The molecule has 0 aromatic heterocycles. The molecule has 1 amide bonds. The molecule has 1 rings (SSSR count). The molecule has 0 aliphatic carbocycles. The predicted octanol–water partition coefficient (Wildman–Crippen LogP) is 0.539. The first-order valence-corrected chi connectivity index (χ1v) is 6.30. The Hall–Kier alpha value is -0.610. The van der Waals surface area contributed by atoms with E-state index in [-0.39, 0.29) is 5.91 Å². The highest BCUT2D eigenvalue weighted by Crippen LogP contribution is 2.17. The Balaban J connectivity index is 2.35. The fraction of sp³-hybridized carbons (Fsp3) is 0.917. The minimum Gasteiger partial charge on any atom is -0.337 e. The van der Waals surface area contributed by atoms with Gasteiger partial charge in [-0.15, -0.1) is 0 Å². The molecule has 1 atom stereocenters. The summed E-state index contributed by atoms with van der Waals surface area (Å²) >= 11 is 0. The molecule has 1 saturated heterocycles. The highest BCUT2D eigenvalue weighted by Gasteiger charge is 2.28.